The number of nitrogens with one attached hydrogen (secondary N) is 1. The molecule has 1 saturated heterocycles. The minimum atomic E-state index is -0.808. The van der Waals surface area contributed by atoms with E-state index in [9.17, 15) is 9.90 Å². The minimum absolute atomic E-state index is 0.0128. The van der Waals surface area contributed by atoms with E-state index in [1.165, 1.54) is 0 Å². The van der Waals surface area contributed by atoms with Gasteiger partial charge in [0.1, 0.15) is 0 Å². The zero-order valence-corrected chi connectivity index (χ0v) is 10.3. The molecule has 1 heterocycles. The number of aliphatic carboxylic acids is 1. The third-order valence-corrected chi connectivity index (χ3v) is 3.60. The first-order valence-corrected chi connectivity index (χ1v) is 6.28. The molecule has 1 aliphatic rings. The summed E-state index contributed by atoms with van der Waals surface area (Å²) < 4.78 is 0. The molecule has 1 aliphatic heterocycles. The number of carboxylic acid groups (broad SMARTS) is 1. The predicted molar refractivity (Wildman–Crippen MR) is 67.5 cm³/mol. The Morgan fingerprint density at radius 3 is 2.76 bits per heavy atom. The van der Waals surface area contributed by atoms with Gasteiger partial charge in [-0.25, -0.2) is 0 Å². The number of piperidine rings is 1. The zero-order chi connectivity index (χ0) is 12.3. The molecule has 0 unspecified atom stereocenters. The van der Waals surface area contributed by atoms with Gasteiger partial charge in [0.2, 0.25) is 0 Å². The van der Waals surface area contributed by atoms with Crippen LogP contribution in [0.5, 0.6) is 0 Å². The van der Waals surface area contributed by atoms with Crippen LogP contribution in [0.3, 0.4) is 0 Å². The molecule has 0 radical (unpaired) electrons. The second-order valence-electron chi connectivity index (χ2n) is 4.39. The van der Waals surface area contributed by atoms with Gasteiger partial charge in [-0.1, -0.05) is 36.2 Å². The average Bonchev–Trinajstić information content (AvgIpc) is 2.33. The number of halogens is 1. The van der Waals surface area contributed by atoms with Crippen LogP contribution < -0.4 is 5.32 Å². The van der Waals surface area contributed by atoms with E-state index < -0.39 is 11.9 Å². The first-order chi connectivity index (χ1) is 8.20. The summed E-state index contributed by atoms with van der Waals surface area (Å²) in [4.78, 5) is 11.5. The molecule has 4 heteroatoms. The molecule has 0 amide bonds. The average molecular weight is 254 g/mol. The zero-order valence-electron chi connectivity index (χ0n) is 9.53. The lowest BCUT2D eigenvalue weighted by Gasteiger charge is -2.29. The fourth-order valence-electron chi connectivity index (χ4n) is 2.41. The lowest BCUT2D eigenvalue weighted by Crippen LogP contribution is -2.41. The molecule has 1 aromatic carbocycles. The lowest BCUT2D eigenvalue weighted by atomic mass is 9.86. The molecule has 0 saturated carbocycles. The van der Waals surface area contributed by atoms with Crippen LogP contribution in [0.25, 0.3) is 0 Å². The van der Waals surface area contributed by atoms with Crippen molar-refractivity contribution in [1.29, 1.82) is 0 Å². The second kappa shape index (κ2) is 5.52. The summed E-state index contributed by atoms with van der Waals surface area (Å²) in [5, 5.41) is 13.2. The Kier molecular flexibility index (Phi) is 4.02. The highest BCUT2D eigenvalue weighted by atomic mass is 35.5. The van der Waals surface area contributed by atoms with E-state index in [0.717, 1.165) is 25.8 Å². The van der Waals surface area contributed by atoms with Crippen LogP contribution in [0.15, 0.2) is 24.3 Å². The van der Waals surface area contributed by atoms with Gasteiger partial charge < -0.3 is 10.4 Å². The number of hydrogen-bond donors (Lipinski definition) is 2. The Hall–Kier alpha value is -1.06. The maximum absolute atomic E-state index is 11.5. The summed E-state index contributed by atoms with van der Waals surface area (Å²) in [6.07, 6.45) is 3.08. The number of benzene rings is 1. The Balaban J connectivity index is 2.28. The summed E-state index contributed by atoms with van der Waals surface area (Å²) >= 11 is 6.09. The van der Waals surface area contributed by atoms with Crippen LogP contribution in [0.2, 0.25) is 5.02 Å². The van der Waals surface area contributed by atoms with Crippen molar-refractivity contribution in [3.8, 4) is 0 Å². The SMILES string of the molecule is O=C(O)[C@@H](c1ccccc1Cl)[C@@H]1CCCCN1. The molecule has 0 bridgehead atoms. The molecule has 0 aliphatic carbocycles. The normalized spacial score (nSPS) is 22.1. The standard InChI is InChI=1S/C13H16ClNO2/c14-10-6-2-1-5-9(10)12(13(16)17)11-7-3-4-8-15-11/h1-2,5-6,11-12,15H,3-4,7-8H2,(H,16,17)/t11-,12-/m0/s1. The Labute approximate surface area is 106 Å². The van der Waals surface area contributed by atoms with Crippen molar-refractivity contribution in [3.05, 3.63) is 34.9 Å². The van der Waals surface area contributed by atoms with Gasteiger partial charge in [0.15, 0.2) is 0 Å². The molecule has 92 valence electrons. The molecule has 3 nitrogen and oxygen atoms in total. The van der Waals surface area contributed by atoms with Crippen molar-refractivity contribution in [2.24, 2.45) is 0 Å². The lowest BCUT2D eigenvalue weighted by molar-refractivity contribution is -0.139. The quantitative estimate of drug-likeness (QED) is 0.871. The van der Waals surface area contributed by atoms with Gasteiger partial charge >= 0.3 is 5.97 Å². The first kappa shape index (κ1) is 12.4. The van der Waals surface area contributed by atoms with Crippen LogP contribution in [0.1, 0.15) is 30.7 Å². The molecule has 1 aromatic rings. The maximum atomic E-state index is 11.5. The van der Waals surface area contributed by atoms with Crippen molar-refractivity contribution >= 4 is 17.6 Å². The highest BCUT2D eigenvalue weighted by molar-refractivity contribution is 6.31. The van der Waals surface area contributed by atoms with Crippen LogP contribution in [-0.4, -0.2) is 23.7 Å². The van der Waals surface area contributed by atoms with E-state index in [-0.39, 0.29) is 6.04 Å². The highest BCUT2D eigenvalue weighted by Gasteiger charge is 2.31. The maximum Gasteiger partial charge on any atom is 0.312 e. The molecule has 2 atom stereocenters. The Morgan fingerprint density at radius 2 is 2.18 bits per heavy atom. The van der Waals surface area contributed by atoms with Gasteiger partial charge in [0.05, 0.1) is 5.92 Å². The number of hydrogen-bond acceptors (Lipinski definition) is 2. The minimum Gasteiger partial charge on any atom is -0.481 e. The van der Waals surface area contributed by atoms with Gasteiger partial charge in [0.25, 0.3) is 0 Å². The van der Waals surface area contributed by atoms with E-state index in [1.54, 1.807) is 12.1 Å². The van der Waals surface area contributed by atoms with Crippen molar-refractivity contribution < 1.29 is 9.90 Å². The van der Waals surface area contributed by atoms with Crippen molar-refractivity contribution in [1.82, 2.24) is 5.32 Å². The summed E-state index contributed by atoms with van der Waals surface area (Å²) in [6, 6.07) is 7.19. The molecule has 2 N–H and O–H groups in total. The Bertz CT molecular complexity index is 402. The number of rotatable bonds is 3. The predicted octanol–water partition coefficient (Wildman–Crippen LogP) is 2.65. The van der Waals surface area contributed by atoms with Crippen LogP contribution in [0.4, 0.5) is 0 Å². The van der Waals surface area contributed by atoms with E-state index in [1.807, 2.05) is 12.1 Å². The molecular weight excluding hydrogens is 238 g/mol. The fraction of sp³-hybridized carbons (Fsp3) is 0.462. The van der Waals surface area contributed by atoms with Crippen molar-refractivity contribution in [2.45, 2.75) is 31.2 Å². The highest BCUT2D eigenvalue weighted by Crippen LogP contribution is 2.30. The van der Waals surface area contributed by atoms with Crippen LogP contribution in [0, 0.1) is 0 Å². The van der Waals surface area contributed by atoms with Crippen molar-refractivity contribution in [3.63, 3.8) is 0 Å². The first-order valence-electron chi connectivity index (χ1n) is 5.91. The monoisotopic (exact) mass is 253 g/mol. The molecule has 17 heavy (non-hydrogen) atoms. The van der Waals surface area contributed by atoms with Crippen LogP contribution in [-0.2, 0) is 4.79 Å². The van der Waals surface area contributed by atoms with E-state index >= 15 is 0 Å². The summed E-state index contributed by atoms with van der Waals surface area (Å²) in [7, 11) is 0. The molecule has 1 fully saturated rings. The smallest absolute Gasteiger partial charge is 0.312 e. The van der Waals surface area contributed by atoms with E-state index in [2.05, 4.69) is 5.32 Å². The topological polar surface area (TPSA) is 49.3 Å². The van der Waals surface area contributed by atoms with Crippen molar-refractivity contribution in [2.75, 3.05) is 6.54 Å². The van der Waals surface area contributed by atoms with Gasteiger partial charge in [-0.2, -0.15) is 0 Å². The second-order valence-corrected chi connectivity index (χ2v) is 4.80. The van der Waals surface area contributed by atoms with Gasteiger partial charge in [0, 0.05) is 11.1 Å². The summed E-state index contributed by atoms with van der Waals surface area (Å²) in [5.74, 6) is -1.36. The fourth-order valence-corrected chi connectivity index (χ4v) is 2.67. The largest absolute Gasteiger partial charge is 0.481 e. The molecule has 2 rings (SSSR count). The summed E-state index contributed by atoms with van der Waals surface area (Å²) in [6.45, 7) is 0.888. The van der Waals surface area contributed by atoms with E-state index in [4.69, 9.17) is 11.6 Å². The molecule has 0 spiro atoms. The number of carboxylic acids is 1. The molecular formula is C13H16ClNO2. The molecule has 0 aromatic heterocycles. The van der Waals surface area contributed by atoms with Crippen LogP contribution >= 0.6 is 11.6 Å². The third kappa shape index (κ3) is 2.79. The van der Waals surface area contributed by atoms with E-state index in [0.29, 0.717) is 10.6 Å². The Morgan fingerprint density at radius 1 is 1.41 bits per heavy atom. The van der Waals surface area contributed by atoms with Gasteiger partial charge in [-0.3, -0.25) is 4.79 Å². The third-order valence-electron chi connectivity index (χ3n) is 3.26. The van der Waals surface area contributed by atoms with Gasteiger partial charge in [-0.05, 0) is 31.0 Å². The number of carbonyl (C=O) groups is 1. The van der Waals surface area contributed by atoms with Gasteiger partial charge in [-0.15, -0.1) is 0 Å². The summed E-state index contributed by atoms with van der Waals surface area (Å²) in [5.41, 5.74) is 0.709.